The third-order valence-electron chi connectivity index (χ3n) is 4.88. The van der Waals surface area contributed by atoms with E-state index in [1.807, 2.05) is 18.2 Å². The molecule has 6 heteroatoms. The van der Waals surface area contributed by atoms with Crippen molar-refractivity contribution >= 4 is 5.96 Å². The monoisotopic (exact) mass is 377 g/mol. The Labute approximate surface area is 163 Å². The molecule has 2 rings (SSSR count). The van der Waals surface area contributed by atoms with Crippen molar-refractivity contribution in [1.29, 1.82) is 0 Å². The lowest BCUT2D eigenvalue weighted by Crippen LogP contribution is -2.41. The molecule has 2 atom stereocenters. The van der Waals surface area contributed by atoms with Crippen LogP contribution in [0.3, 0.4) is 0 Å². The van der Waals surface area contributed by atoms with Gasteiger partial charge in [0.2, 0.25) is 0 Å². The first-order valence-electron chi connectivity index (χ1n) is 10.00. The van der Waals surface area contributed by atoms with Gasteiger partial charge in [0, 0.05) is 31.7 Å². The molecule has 6 nitrogen and oxygen atoms in total. The van der Waals surface area contributed by atoms with Gasteiger partial charge in [-0.05, 0) is 31.2 Å². The maximum absolute atomic E-state index is 9.35. The molecular formula is C21H35N3O3. The van der Waals surface area contributed by atoms with E-state index >= 15 is 0 Å². The summed E-state index contributed by atoms with van der Waals surface area (Å²) in [4.78, 5) is 4.75. The van der Waals surface area contributed by atoms with Crippen LogP contribution in [0.2, 0.25) is 0 Å². The SMILES string of the molecule is CCNC(=NCC1(CCO)CCOC1)NCC(C)COCc1ccccc1. The number of hydrogen-bond acceptors (Lipinski definition) is 4. The number of guanidine groups is 1. The van der Waals surface area contributed by atoms with E-state index < -0.39 is 0 Å². The lowest BCUT2D eigenvalue weighted by Gasteiger charge is -2.25. The second kappa shape index (κ2) is 12.0. The standard InChI is InChI=1S/C21H35N3O3/c1-3-22-20(24-16-21(9-11-25)10-12-26-17-21)23-13-18(2)14-27-15-19-7-5-4-6-8-19/h4-8,18,25H,3,9-17H2,1-2H3,(H2,22,23,24). The van der Waals surface area contributed by atoms with Crippen LogP contribution in [-0.2, 0) is 16.1 Å². The van der Waals surface area contributed by atoms with Gasteiger partial charge in [0.1, 0.15) is 0 Å². The fraction of sp³-hybridized carbons (Fsp3) is 0.667. The number of nitrogens with zero attached hydrogens (tertiary/aromatic N) is 1. The molecule has 0 aromatic heterocycles. The van der Waals surface area contributed by atoms with Crippen molar-refractivity contribution < 1.29 is 14.6 Å². The van der Waals surface area contributed by atoms with Crippen LogP contribution in [0.15, 0.2) is 35.3 Å². The summed E-state index contributed by atoms with van der Waals surface area (Å²) >= 11 is 0. The molecule has 0 amide bonds. The van der Waals surface area contributed by atoms with Gasteiger partial charge in [-0.2, -0.15) is 0 Å². The Kier molecular flexibility index (Phi) is 9.59. The van der Waals surface area contributed by atoms with Gasteiger partial charge in [-0.25, -0.2) is 0 Å². The third kappa shape index (κ3) is 7.87. The van der Waals surface area contributed by atoms with Crippen LogP contribution in [0.5, 0.6) is 0 Å². The fourth-order valence-electron chi connectivity index (χ4n) is 3.16. The molecule has 2 unspecified atom stereocenters. The van der Waals surface area contributed by atoms with Gasteiger partial charge in [-0.3, -0.25) is 4.99 Å². The summed E-state index contributed by atoms with van der Waals surface area (Å²) in [5, 5.41) is 16.1. The molecule has 1 aliphatic heterocycles. The van der Waals surface area contributed by atoms with Crippen LogP contribution in [0.25, 0.3) is 0 Å². The number of benzene rings is 1. The van der Waals surface area contributed by atoms with Gasteiger partial charge in [-0.1, -0.05) is 37.3 Å². The molecule has 3 N–H and O–H groups in total. The van der Waals surface area contributed by atoms with E-state index in [2.05, 4.69) is 36.6 Å². The largest absolute Gasteiger partial charge is 0.396 e. The van der Waals surface area contributed by atoms with Crippen LogP contribution in [0.4, 0.5) is 0 Å². The number of aliphatic imine (C=N–C) groups is 1. The number of rotatable bonds is 11. The van der Waals surface area contributed by atoms with Gasteiger partial charge in [-0.15, -0.1) is 0 Å². The minimum Gasteiger partial charge on any atom is -0.396 e. The van der Waals surface area contributed by atoms with E-state index in [9.17, 15) is 5.11 Å². The van der Waals surface area contributed by atoms with Crippen molar-refractivity contribution in [3.63, 3.8) is 0 Å². The maximum Gasteiger partial charge on any atom is 0.191 e. The van der Waals surface area contributed by atoms with E-state index in [4.69, 9.17) is 14.5 Å². The van der Waals surface area contributed by atoms with Gasteiger partial charge < -0.3 is 25.2 Å². The van der Waals surface area contributed by atoms with Crippen LogP contribution < -0.4 is 10.6 Å². The summed E-state index contributed by atoms with van der Waals surface area (Å²) < 4.78 is 11.4. The van der Waals surface area contributed by atoms with Crippen molar-refractivity contribution in [3.8, 4) is 0 Å². The zero-order valence-corrected chi connectivity index (χ0v) is 16.7. The lowest BCUT2D eigenvalue weighted by molar-refractivity contribution is 0.0931. The molecule has 0 radical (unpaired) electrons. The Hall–Kier alpha value is -1.63. The van der Waals surface area contributed by atoms with E-state index in [0.717, 1.165) is 38.5 Å². The molecule has 27 heavy (non-hydrogen) atoms. The van der Waals surface area contributed by atoms with Gasteiger partial charge in [0.05, 0.1) is 26.4 Å². The van der Waals surface area contributed by atoms with Gasteiger partial charge >= 0.3 is 0 Å². The Morgan fingerprint density at radius 2 is 2.15 bits per heavy atom. The summed E-state index contributed by atoms with van der Waals surface area (Å²) in [6.45, 7) is 9.46. The average Bonchev–Trinajstić information content (AvgIpc) is 3.14. The predicted molar refractivity (Wildman–Crippen MR) is 109 cm³/mol. The Morgan fingerprint density at radius 1 is 1.33 bits per heavy atom. The first kappa shape index (κ1) is 21.7. The Morgan fingerprint density at radius 3 is 2.81 bits per heavy atom. The zero-order valence-electron chi connectivity index (χ0n) is 16.7. The molecule has 1 heterocycles. The summed E-state index contributed by atoms with van der Waals surface area (Å²) in [6, 6.07) is 10.2. The number of aliphatic hydroxyl groups excluding tert-OH is 1. The Balaban J connectivity index is 1.75. The molecule has 1 aromatic carbocycles. The highest BCUT2D eigenvalue weighted by atomic mass is 16.5. The van der Waals surface area contributed by atoms with E-state index in [1.165, 1.54) is 5.56 Å². The average molecular weight is 378 g/mol. The summed E-state index contributed by atoms with van der Waals surface area (Å²) in [5.74, 6) is 1.19. The van der Waals surface area contributed by atoms with Crippen molar-refractivity contribution in [2.75, 3.05) is 46.1 Å². The molecule has 1 saturated heterocycles. The predicted octanol–water partition coefficient (Wildman–Crippen LogP) is 2.18. The maximum atomic E-state index is 9.35. The van der Waals surface area contributed by atoms with Gasteiger partial charge in [0.25, 0.3) is 0 Å². The minimum absolute atomic E-state index is 0.0263. The van der Waals surface area contributed by atoms with Crippen molar-refractivity contribution in [2.24, 2.45) is 16.3 Å². The number of hydrogen-bond donors (Lipinski definition) is 3. The first-order chi connectivity index (χ1) is 13.2. The van der Waals surface area contributed by atoms with Crippen LogP contribution in [0.1, 0.15) is 32.3 Å². The normalized spacial score (nSPS) is 21.2. The molecule has 0 spiro atoms. The molecule has 152 valence electrons. The lowest BCUT2D eigenvalue weighted by atomic mass is 9.84. The van der Waals surface area contributed by atoms with Crippen LogP contribution >= 0.6 is 0 Å². The second-order valence-corrected chi connectivity index (χ2v) is 7.46. The van der Waals surface area contributed by atoms with Crippen molar-refractivity contribution in [2.45, 2.75) is 33.3 Å². The highest BCUT2D eigenvalue weighted by molar-refractivity contribution is 5.79. The zero-order chi connectivity index (χ0) is 19.4. The number of ether oxygens (including phenoxy) is 2. The summed E-state index contributed by atoms with van der Waals surface area (Å²) in [5.41, 5.74) is 1.17. The fourth-order valence-corrected chi connectivity index (χ4v) is 3.16. The quantitative estimate of drug-likeness (QED) is 0.407. The number of nitrogens with one attached hydrogen (secondary N) is 2. The van der Waals surface area contributed by atoms with Crippen molar-refractivity contribution in [1.82, 2.24) is 10.6 Å². The summed E-state index contributed by atoms with van der Waals surface area (Å²) in [7, 11) is 0. The van der Waals surface area contributed by atoms with Gasteiger partial charge in [0.15, 0.2) is 5.96 Å². The van der Waals surface area contributed by atoms with Crippen LogP contribution in [-0.4, -0.2) is 57.1 Å². The summed E-state index contributed by atoms with van der Waals surface area (Å²) in [6.07, 6.45) is 1.69. The highest BCUT2D eigenvalue weighted by Gasteiger charge is 2.34. The molecular weight excluding hydrogens is 342 g/mol. The third-order valence-corrected chi connectivity index (χ3v) is 4.88. The first-order valence-corrected chi connectivity index (χ1v) is 10.00. The second-order valence-electron chi connectivity index (χ2n) is 7.46. The molecule has 1 fully saturated rings. The molecule has 0 saturated carbocycles. The van der Waals surface area contributed by atoms with E-state index in [0.29, 0.717) is 32.3 Å². The smallest absolute Gasteiger partial charge is 0.191 e. The molecule has 1 aromatic rings. The van der Waals surface area contributed by atoms with E-state index in [1.54, 1.807) is 0 Å². The van der Waals surface area contributed by atoms with Crippen LogP contribution in [0, 0.1) is 11.3 Å². The Bertz CT molecular complexity index is 545. The highest BCUT2D eigenvalue weighted by Crippen LogP contribution is 2.32. The topological polar surface area (TPSA) is 75.1 Å². The molecule has 0 aliphatic carbocycles. The minimum atomic E-state index is -0.0263. The van der Waals surface area contributed by atoms with Crippen molar-refractivity contribution in [3.05, 3.63) is 35.9 Å². The van der Waals surface area contributed by atoms with E-state index in [-0.39, 0.29) is 12.0 Å². The molecule has 1 aliphatic rings. The molecule has 0 bridgehead atoms. The number of aliphatic hydroxyl groups is 1.